The number of halogens is 1. The van der Waals surface area contributed by atoms with Gasteiger partial charge in [-0.15, -0.1) is 0 Å². The lowest BCUT2D eigenvalue weighted by molar-refractivity contribution is -0.150. The lowest BCUT2D eigenvalue weighted by Crippen LogP contribution is -2.46. The third-order valence-corrected chi connectivity index (χ3v) is 5.29. The molecule has 32 heavy (non-hydrogen) atoms. The zero-order chi connectivity index (χ0) is 23.1. The van der Waals surface area contributed by atoms with Crippen molar-refractivity contribution in [1.82, 2.24) is 5.32 Å². The number of Topliss-reactive ketones (excluding diaryl/α,β-unsaturated/α-hetero) is 1. The zero-order valence-corrected chi connectivity index (χ0v) is 18.6. The normalized spacial score (nSPS) is 12.6. The molecular weight excluding hydrogens is 426 g/mol. The second-order valence-electron chi connectivity index (χ2n) is 7.63. The van der Waals surface area contributed by atoms with E-state index in [4.69, 9.17) is 16.3 Å². The fourth-order valence-corrected chi connectivity index (χ4v) is 3.43. The number of esters is 1. The molecule has 0 saturated carbocycles. The maximum absolute atomic E-state index is 13.2. The lowest BCUT2D eigenvalue weighted by atomic mass is 9.99. The van der Waals surface area contributed by atoms with Crippen molar-refractivity contribution in [3.05, 3.63) is 107 Å². The van der Waals surface area contributed by atoms with E-state index in [0.29, 0.717) is 11.1 Å². The number of carbonyl (C=O) groups excluding carboxylic acids is 3. The van der Waals surface area contributed by atoms with Crippen LogP contribution >= 0.6 is 11.6 Å². The van der Waals surface area contributed by atoms with Crippen molar-refractivity contribution in [3.63, 3.8) is 0 Å². The van der Waals surface area contributed by atoms with Crippen LogP contribution < -0.4 is 5.32 Å². The molecule has 0 aromatic heterocycles. The van der Waals surface area contributed by atoms with Crippen molar-refractivity contribution in [1.29, 1.82) is 0 Å². The van der Waals surface area contributed by atoms with E-state index in [-0.39, 0.29) is 22.3 Å². The zero-order valence-electron chi connectivity index (χ0n) is 17.8. The van der Waals surface area contributed by atoms with Gasteiger partial charge < -0.3 is 10.1 Å². The Kier molecular flexibility index (Phi) is 7.79. The first kappa shape index (κ1) is 23.2. The van der Waals surface area contributed by atoms with E-state index >= 15 is 0 Å². The molecule has 3 aromatic rings. The number of benzene rings is 3. The number of amides is 1. The summed E-state index contributed by atoms with van der Waals surface area (Å²) in [7, 11) is 0. The molecule has 3 aromatic carbocycles. The number of ketones is 1. The Balaban J connectivity index is 1.85. The van der Waals surface area contributed by atoms with Gasteiger partial charge in [-0.25, -0.2) is 4.79 Å². The molecule has 1 N–H and O–H groups in total. The molecule has 1 amide bonds. The maximum Gasteiger partial charge on any atom is 0.329 e. The third-order valence-electron chi connectivity index (χ3n) is 4.96. The van der Waals surface area contributed by atoms with Crippen LogP contribution in [0, 0.1) is 5.92 Å². The number of hydrogen-bond acceptors (Lipinski definition) is 4. The minimum Gasteiger partial charge on any atom is -0.447 e. The molecule has 0 aliphatic carbocycles. The molecule has 0 aliphatic rings. The van der Waals surface area contributed by atoms with Crippen LogP contribution in [0.2, 0.25) is 5.02 Å². The van der Waals surface area contributed by atoms with E-state index in [1.165, 1.54) is 0 Å². The molecule has 0 radical (unpaired) electrons. The number of hydrogen-bond donors (Lipinski definition) is 1. The van der Waals surface area contributed by atoms with Gasteiger partial charge in [0.25, 0.3) is 5.91 Å². The molecule has 6 heteroatoms. The van der Waals surface area contributed by atoms with Crippen molar-refractivity contribution in [3.8, 4) is 0 Å². The van der Waals surface area contributed by atoms with Gasteiger partial charge >= 0.3 is 5.97 Å². The van der Waals surface area contributed by atoms with Gasteiger partial charge in [0, 0.05) is 11.1 Å². The van der Waals surface area contributed by atoms with E-state index < -0.39 is 24.0 Å². The molecule has 164 valence electrons. The molecular formula is C26H24ClNO4. The number of ether oxygens (including phenoxy) is 1. The van der Waals surface area contributed by atoms with Gasteiger partial charge in [-0.1, -0.05) is 98.2 Å². The van der Waals surface area contributed by atoms with Crippen molar-refractivity contribution in [2.45, 2.75) is 26.0 Å². The summed E-state index contributed by atoms with van der Waals surface area (Å²) < 4.78 is 5.71. The van der Waals surface area contributed by atoms with E-state index in [0.717, 1.165) is 0 Å². The average Bonchev–Trinajstić information content (AvgIpc) is 2.81. The van der Waals surface area contributed by atoms with Crippen LogP contribution in [0.3, 0.4) is 0 Å². The highest BCUT2D eigenvalue weighted by atomic mass is 35.5. The lowest BCUT2D eigenvalue weighted by Gasteiger charge is -2.24. The summed E-state index contributed by atoms with van der Waals surface area (Å²) in [6, 6.07) is 23.1. The summed E-state index contributed by atoms with van der Waals surface area (Å²) in [5, 5.41) is 2.98. The average molecular weight is 450 g/mol. The highest BCUT2D eigenvalue weighted by Crippen LogP contribution is 2.24. The summed E-state index contributed by atoms with van der Waals surface area (Å²) in [5.41, 5.74) is 1.23. The Morgan fingerprint density at radius 1 is 0.812 bits per heavy atom. The first-order valence-corrected chi connectivity index (χ1v) is 10.7. The van der Waals surface area contributed by atoms with Crippen LogP contribution in [0.25, 0.3) is 0 Å². The van der Waals surface area contributed by atoms with E-state index in [1.54, 1.807) is 92.7 Å². The van der Waals surface area contributed by atoms with Crippen LogP contribution in [0.5, 0.6) is 0 Å². The molecule has 0 aliphatic heterocycles. The Morgan fingerprint density at radius 3 is 1.97 bits per heavy atom. The first-order chi connectivity index (χ1) is 15.4. The highest BCUT2D eigenvalue weighted by molar-refractivity contribution is 6.33. The molecule has 0 bridgehead atoms. The molecule has 0 saturated heterocycles. The number of carbonyl (C=O) groups is 3. The summed E-state index contributed by atoms with van der Waals surface area (Å²) in [6.07, 6.45) is -1.13. The monoisotopic (exact) mass is 449 g/mol. The van der Waals surface area contributed by atoms with Crippen molar-refractivity contribution < 1.29 is 19.1 Å². The van der Waals surface area contributed by atoms with E-state index in [1.807, 2.05) is 6.07 Å². The van der Waals surface area contributed by atoms with Gasteiger partial charge in [-0.05, 0) is 18.1 Å². The van der Waals surface area contributed by atoms with Crippen LogP contribution in [0.1, 0.15) is 46.2 Å². The predicted molar refractivity (Wildman–Crippen MR) is 124 cm³/mol. The second-order valence-corrected chi connectivity index (χ2v) is 8.04. The second kappa shape index (κ2) is 10.7. The molecule has 0 heterocycles. The van der Waals surface area contributed by atoms with E-state index in [2.05, 4.69) is 5.32 Å². The SMILES string of the molecule is CC(C)[C@@H](NC(=O)c1ccccc1Cl)C(=O)O[C@@H](C(=O)c1ccccc1)c1ccccc1. The van der Waals surface area contributed by atoms with E-state index in [9.17, 15) is 14.4 Å². The Morgan fingerprint density at radius 2 is 1.38 bits per heavy atom. The minimum absolute atomic E-state index is 0.257. The minimum atomic E-state index is -1.13. The Hall–Kier alpha value is -3.44. The maximum atomic E-state index is 13.2. The molecule has 0 fully saturated rings. The van der Waals surface area contributed by atoms with Crippen LogP contribution in [0.4, 0.5) is 0 Å². The Bertz CT molecular complexity index is 1080. The molecule has 2 atom stereocenters. The van der Waals surface area contributed by atoms with Gasteiger partial charge in [0.1, 0.15) is 6.04 Å². The molecule has 0 unspecified atom stereocenters. The summed E-state index contributed by atoms with van der Waals surface area (Å²) in [6.45, 7) is 3.57. The largest absolute Gasteiger partial charge is 0.447 e. The smallest absolute Gasteiger partial charge is 0.329 e. The molecule has 5 nitrogen and oxygen atoms in total. The van der Waals surface area contributed by atoms with Gasteiger partial charge in [0.2, 0.25) is 5.78 Å². The standard InChI is InChI=1S/C26H24ClNO4/c1-17(2)22(28-25(30)20-15-9-10-16-21(20)27)26(31)32-24(19-13-7-4-8-14-19)23(29)18-11-5-3-6-12-18/h3-17,22,24H,1-2H3,(H,28,30)/t22-,24-/m1/s1. The van der Waals surface area contributed by atoms with Crippen LogP contribution in [0.15, 0.2) is 84.9 Å². The van der Waals surface area contributed by atoms with Gasteiger partial charge in [0.15, 0.2) is 6.10 Å². The molecule has 3 rings (SSSR count). The number of rotatable bonds is 8. The Labute approximate surface area is 192 Å². The van der Waals surface area contributed by atoms with Gasteiger partial charge in [0.05, 0.1) is 10.6 Å². The summed E-state index contributed by atoms with van der Waals surface area (Å²) in [4.78, 5) is 39.0. The highest BCUT2D eigenvalue weighted by Gasteiger charge is 2.32. The van der Waals surface area contributed by atoms with Crippen LogP contribution in [-0.4, -0.2) is 23.7 Å². The molecule has 0 spiro atoms. The summed E-state index contributed by atoms with van der Waals surface area (Å²) in [5.74, 6) is -1.81. The van der Waals surface area contributed by atoms with Crippen molar-refractivity contribution in [2.24, 2.45) is 5.92 Å². The fraction of sp³-hybridized carbons (Fsp3) is 0.192. The first-order valence-electron chi connectivity index (χ1n) is 10.3. The van der Waals surface area contributed by atoms with Crippen molar-refractivity contribution >= 4 is 29.3 Å². The third kappa shape index (κ3) is 5.62. The topological polar surface area (TPSA) is 72.5 Å². The predicted octanol–water partition coefficient (Wildman–Crippen LogP) is 5.26. The fourth-order valence-electron chi connectivity index (χ4n) is 3.21. The quantitative estimate of drug-likeness (QED) is 0.376. The van der Waals surface area contributed by atoms with Crippen molar-refractivity contribution in [2.75, 3.05) is 0 Å². The van der Waals surface area contributed by atoms with Crippen LogP contribution in [-0.2, 0) is 9.53 Å². The number of nitrogens with one attached hydrogen (secondary N) is 1. The van der Waals surface area contributed by atoms with Gasteiger partial charge in [-0.3, -0.25) is 9.59 Å². The summed E-state index contributed by atoms with van der Waals surface area (Å²) >= 11 is 6.11. The van der Waals surface area contributed by atoms with Gasteiger partial charge in [-0.2, -0.15) is 0 Å².